The summed E-state index contributed by atoms with van der Waals surface area (Å²) in [6, 6.07) is 8.60. The topological polar surface area (TPSA) is 49.9 Å². The van der Waals surface area contributed by atoms with E-state index in [1.165, 1.54) is 4.90 Å². The zero-order valence-electron chi connectivity index (χ0n) is 16.2. The molecule has 2 aliphatic rings. The van der Waals surface area contributed by atoms with Crippen LogP contribution in [0.1, 0.15) is 51.5 Å². The van der Waals surface area contributed by atoms with E-state index in [4.69, 9.17) is 4.74 Å². The van der Waals surface area contributed by atoms with Crippen molar-refractivity contribution < 1.29 is 27.5 Å². The van der Waals surface area contributed by atoms with Crippen molar-refractivity contribution in [3.63, 3.8) is 0 Å². The molecular weight excluding hydrogens is 373 g/mol. The fraction of sp³-hybridized carbons (Fsp3) is 0.600. The van der Waals surface area contributed by atoms with Gasteiger partial charge in [0.15, 0.2) is 0 Å². The highest BCUT2D eigenvalue weighted by atomic mass is 19.4. The first kappa shape index (κ1) is 20.5. The van der Waals surface area contributed by atoms with Crippen molar-refractivity contribution in [3.05, 3.63) is 35.9 Å². The third-order valence-electron chi connectivity index (χ3n) is 4.99. The number of benzene rings is 1. The monoisotopic (exact) mass is 398 g/mol. The molecule has 1 aromatic carbocycles. The van der Waals surface area contributed by atoms with Crippen molar-refractivity contribution in [2.24, 2.45) is 0 Å². The van der Waals surface area contributed by atoms with Gasteiger partial charge in [-0.05, 0) is 45.6 Å². The molecule has 1 heterocycles. The highest BCUT2D eigenvalue weighted by molar-refractivity contribution is 5.83. The standard InChI is InChI=1S/C20H25F3N2O3/c1-19(2,3)28-18(27)24-11-7-10-16(24)25(17(26)20(21,22)23)15-12-14(15)13-8-5-4-6-9-13/h4-6,8-9,14-16H,7,10-12H2,1-3H3. The highest BCUT2D eigenvalue weighted by Gasteiger charge is 2.56. The molecule has 3 rings (SSSR count). The Morgan fingerprint density at radius 2 is 1.79 bits per heavy atom. The average Bonchev–Trinajstić information content (AvgIpc) is 3.21. The first-order valence-electron chi connectivity index (χ1n) is 9.43. The molecule has 0 aromatic heterocycles. The Morgan fingerprint density at radius 1 is 1.14 bits per heavy atom. The van der Waals surface area contributed by atoms with E-state index >= 15 is 0 Å². The van der Waals surface area contributed by atoms with E-state index < -0.39 is 36.0 Å². The van der Waals surface area contributed by atoms with Gasteiger partial charge < -0.3 is 9.64 Å². The molecule has 1 aromatic rings. The Morgan fingerprint density at radius 3 is 2.36 bits per heavy atom. The van der Waals surface area contributed by atoms with E-state index in [2.05, 4.69) is 0 Å². The van der Waals surface area contributed by atoms with Crippen molar-refractivity contribution in [1.82, 2.24) is 9.80 Å². The van der Waals surface area contributed by atoms with Gasteiger partial charge in [-0.3, -0.25) is 9.69 Å². The van der Waals surface area contributed by atoms with E-state index in [-0.39, 0.29) is 12.5 Å². The lowest BCUT2D eigenvalue weighted by Gasteiger charge is -2.36. The maximum absolute atomic E-state index is 13.3. The molecule has 3 unspecified atom stereocenters. The Bertz CT molecular complexity index is 730. The Hall–Kier alpha value is -2.25. The molecule has 1 aliphatic heterocycles. The second-order valence-corrected chi connectivity index (χ2v) is 8.33. The molecule has 28 heavy (non-hydrogen) atoms. The van der Waals surface area contributed by atoms with E-state index in [1.54, 1.807) is 20.8 Å². The maximum Gasteiger partial charge on any atom is 0.471 e. The molecular formula is C20H25F3N2O3. The molecule has 154 valence electrons. The summed E-state index contributed by atoms with van der Waals surface area (Å²) in [5.74, 6) is -2.05. The van der Waals surface area contributed by atoms with Crippen LogP contribution in [0.25, 0.3) is 0 Å². The van der Waals surface area contributed by atoms with E-state index in [0.29, 0.717) is 19.3 Å². The largest absolute Gasteiger partial charge is 0.471 e. The molecule has 5 nitrogen and oxygen atoms in total. The van der Waals surface area contributed by atoms with Crippen LogP contribution in [0.15, 0.2) is 30.3 Å². The fourth-order valence-corrected chi connectivity index (χ4v) is 3.77. The number of alkyl halides is 3. The predicted octanol–water partition coefficient (Wildman–Crippen LogP) is 4.29. The van der Waals surface area contributed by atoms with Gasteiger partial charge in [0, 0.05) is 18.5 Å². The van der Waals surface area contributed by atoms with Gasteiger partial charge in [-0.2, -0.15) is 13.2 Å². The maximum atomic E-state index is 13.3. The lowest BCUT2D eigenvalue weighted by Crippen LogP contribution is -2.55. The lowest BCUT2D eigenvalue weighted by atomic mass is 10.1. The normalized spacial score (nSPS) is 24.8. The van der Waals surface area contributed by atoms with Gasteiger partial charge in [0.25, 0.3) is 0 Å². The second kappa shape index (κ2) is 7.29. The summed E-state index contributed by atoms with van der Waals surface area (Å²) in [5.41, 5.74) is 0.129. The number of carbonyl (C=O) groups excluding carboxylic acids is 2. The molecule has 0 N–H and O–H groups in total. The molecule has 2 amide bonds. The van der Waals surface area contributed by atoms with Crippen LogP contribution in [0, 0.1) is 0 Å². The summed E-state index contributed by atoms with van der Waals surface area (Å²) in [7, 11) is 0. The molecule has 0 radical (unpaired) electrons. The van der Waals surface area contributed by atoms with Crippen LogP contribution in [-0.2, 0) is 9.53 Å². The van der Waals surface area contributed by atoms with Crippen LogP contribution in [-0.4, -0.2) is 52.3 Å². The van der Waals surface area contributed by atoms with Gasteiger partial charge in [0.2, 0.25) is 0 Å². The zero-order chi connectivity index (χ0) is 20.7. The molecule has 0 bridgehead atoms. The molecule has 1 aliphatic carbocycles. The molecule has 3 atom stereocenters. The van der Waals surface area contributed by atoms with Crippen molar-refractivity contribution in [2.75, 3.05) is 6.54 Å². The minimum Gasteiger partial charge on any atom is -0.444 e. The number of hydrogen-bond donors (Lipinski definition) is 0. The third kappa shape index (κ3) is 4.42. The summed E-state index contributed by atoms with van der Waals surface area (Å²) >= 11 is 0. The zero-order valence-corrected chi connectivity index (χ0v) is 16.2. The lowest BCUT2D eigenvalue weighted by molar-refractivity contribution is -0.191. The minimum absolute atomic E-state index is 0.159. The Balaban J connectivity index is 1.85. The van der Waals surface area contributed by atoms with Gasteiger partial charge in [-0.15, -0.1) is 0 Å². The van der Waals surface area contributed by atoms with Crippen LogP contribution in [0.5, 0.6) is 0 Å². The summed E-state index contributed by atoms with van der Waals surface area (Å²) in [6.07, 6.45) is -5.35. The van der Waals surface area contributed by atoms with Gasteiger partial charge in [0.1, 0.15) is 11.8 Å². The van der Waals surface area contributed by atoms with Crippen molar-refractivity contribution in [3.8, 4) is 0 Å². The molecule has 0 spiro atoms. The first-order chi connectivity index (χ1) is 13.0. The third-order valence-corrected chi connectivity index (χ3v) is 4.99. The Labute approximate surface area is 162 Å². The summed E-state index contributed by atoms with van der Waals surface area (Å²) in [5, 5.41) is 0. The molecule has 2 fully saturated rings. The van der Waals surface area contributed by atoms with Crippen LogP contribution in [0.2, 0.25) is 0 Å². The van der Waals surface area contributed by atoms with Crippen molar-refractivity contribution in [1.29, 1.82) is 0 Å². The number of ether oxygens (including phenoxy) is 1. The van der Waals surface area contributed by atoms with E-state index in [9.17, 15) is 22.8 Å². The Kier molecular flexibility index (Phi) is 5.34. The van der Waals surface area contributed by atoms with Gasteiger partial charge in [-0.25, -0.2) is 4.79 Å². The number of halogens is 3. The number of nitrogens with zero attached hydrogens (tertiary/aromatic N) is 2. The summed E-state index contributed by atoms with van der Waals surface area (Å²) < 4.78 is 45.4. The van der Waals surface area contributed by atoms with Crippen molar-refractivity contribution in [2.45, 2.75) is 69.9 Å². The number of hydrogen-bond acceptors (Lipinski definition) is 3. The molecule has 1 saturated heterocycles. The number of carbonyl (C=O) groups is 2. The van der Waals surface area contributed by atoms with Crippen LogP contribution < -0.4 is 0 Å². The highest BCUT2D eigenvalue weighted by Crippen LogP contribution is 2.48. The summed E-state index contributed by atoms with van der Waals surface area (Å²) in [6.45, 7) is 5.35. The van der Waals surface area contributed by atoms with Crippen LogP contribution in [0.4, 0.5) is 18.0 Å². The van der Waals surface area contributed by atoms with Crippen LogP contribution >= 0.6 is 0 Å². The quantitative estimate of drug-likeness (QED) is 0.763. The minimum atomic E-state index is -4.99. The number of amides is 2. The summed E-state index contributed by atoms with van der Waals surface area (Å²) in [4.78, 5) is 26.9. The van der Waals surface area contributed by atoms with Gasteiger partial charge in [0.05, 0.1) is 0 Å². The first-order valence-corrected chi connectivity index (χ1v) is 9.43. The number of likely N-dealkylation sites (tertiary alicyclic amines) is 1. The molecule has 1 saturated carbocycles. The van der Waals surface area contributed by atoms with Crippen molar-refractivity contribution >= 4 is 12.0 Å². The van der Waals surface area contributed by atoms with E-state index in [0.717, 1.165) is 10.5 Å². The number of rotatable bonds is 3. The molecule has 8 heteroatoms. The van der Waals surface area contributed by atoms with Crippen LogP contribution in [0.3, 0.4) is 0 Å². The fourth-order valence-electron chi connectivity index (χ4n) is 3.77. The van der Waals surface area contributed by atoms with Gasteiger partial charge in [-0.1, -0.05) is 30.3 Å². The smallest absolute Gasteiger partial charge is 0.444 e. The predicted molar refractivity (Wildman–Crippen MR) is 96.5 cm³/mol. The average molecular weight is 398 g/mol. The van der Waals surface area contributed by atoms with Gasteiger partial charge >= 0.3 is 18.2 Å². The second-order valence-electron chi connectivity index (χ2n) is 8.33. The SMILES string of the molecule is CC(C)(C)OC(=O)N1CCCC1N(C(=O)C(F)(F)F)C1CC1c1ccccc1. The van der Waals surface area contributed by atoms with E-state index in [1.807, 2.05) is 30.3 Å².